The Hall–Kier alpha value is -1.79. The summed E-state index contributed by atoms with van der Waals surface area (Å²) in [6, 6.07) is 0.218. The number of amides is 3. The van der Waals surface area contributed by atoms with E-state index in [-0.39, 0.29) is 17.9 Å². The average molecular weight is 390 g/mol. The molecule has 2 aliphatic heterocycles. The van der Waals surface area contributed by atoms with Crippen molar-refractivity contribution in [3.63, 3.8) is 0 Å². The highest BCUT2D eigenvalue weighted by molar-refractivity contribution is 6.07. The number of carbonyl (C=O) groups is 2. The van der Waals surface area contributed by atoms with Gasteiger partial charge in [0.15, 0.2) is 5.96 Å². The number of rotatable bonds is 4. The van der Waals surface area contributed by atoms with Crippen molar-refractivity contribution >= 4 is 17.9 Å². The molecule has 4 fully saturated rings. The van der Waals surface area contributed by atoms with Gasteiger partial charge in [-0.25, -0.2) is 4.79 Å². The molecule has 2 saturated heterocycles. The van der Waals surface area contributed by atoms with Gasteiger partial charge in [0.2, 0.25) is 0 Å². The molecule has 2 heterocycles. The first-order chi connectivity index (χ1) is 13.5. The molecule has 0 bridgehead atoms. The number of hydrogen-bond donors (Lipinski definition) is 3. The molecule has 0 spiro atoms. The minimum Gasteiger partial charge on any atom is -0.353 e. The quantitative estimate of drug-likeness (QED) is 0.391. The van der Waals surface area contributed by atoms with Gasteiger partial charge in [0.1, 0.15) is 5.54 Å². The fraction of sp³-hybridized carbons (Fsp3) is 0.857. The maximum atomic E-state index is 12.2. The Morgan fingerprint density at radius 3 is 2.50 bits per heavy atom. The van der Waals surface area contributed by atoms with Crippen LogP contribution in [0.15, 0.2) is 4.99 Å². The largest absolute Gasteiger partial charge is 0.353 e. The highest BCUT2D eigenvalue weighted by Crippen LogP contribution is 2.44. The zero-order valence-electron chi connectivity index (χ0n) is 17.3. The second kappa shape index (κ2) is 7.91. The lowest BCUT2D eigenvalue weighted by Crippen LogP contribution is -2.55. The van der Waals surface area contributed by atoms with Crippen LogP contribution in [0, 0.1) is 17.8 Å². The van der Waals surface area contributed by atoms with E-state index in [9.17, 15) is 9.59 Å². The monoisotopic (exact) mass is 389 g/mol. The normalized spacial score (nSPS) is 34.9. The van der Waals surface area contributed by atoms with Gasteiger partial charge in [-0.3, -0.25) is 15.1 Å². The lowest BCUT2D eigenvalue weighted by Gasteiger charge is -2.40. The van der Waals surface area contributed by atoms with Crippen LogP contribution in [0.5, 0.6) is 0 Å². The fourth-order valence-corrected chi connectivity index (χ4v) is 5.53. The summed E-state index contributed by atoms with van der Waals surface area (Å²) in [5, 5.41) is 8.98. The molecule has 3 atom stereocenters. The van der Waals surface area contributed by atoms with Crippen molar-refractivity contribution in [1.82, 2.24) is 20.9 Å². The molecule has 4 rings (SSSR count). The highest BCUT2D eigenvalue weighted by atomic mass is 16.2. The van der Waals surface area contributed by atoms with Crippen molar-refractivity contribution in [2.75, 3.05) is 19.6 Å². The molecule has 7 heteroatoms. The molecule has 3 N–H and O–H groups in total. The smallest absolute Gasteiger partial charge is 0.322 e. The number of piperidine rings is 1. The van der Waals surface area contributed by atoms with Crippen LogP contribution in [0.2, 0.25) is 0 Å². The minimum atomic E-state index is -0.777. The van der Waals surface area contributed by atoms with Crippen LogP contribution in [0.25, 0.3) is 0 Å². The number of likely N-dealkylation sites (tertiary alicyclic amines) is 1. The Morgan fingerprint density at radius 2 is 1.89 bits per heavy atom. The van der Waals surface area contributed by atoms with Gasteiger partial charge in [-0.15, -0.1) is 0 Å². The van der Waals surface area contributed by atoms with Crippen LogP contribution in [-0.2, 0) is 4.79 Å². The molecule has 3 unspecified atom stereocenters. The van der Waals surface area contributed by atoms with Crippen molar-refractivity contribution < 1.29 is 9.59 Å². The van der Waals surface area contributed by atoms with Crippen molar-refractivity contribution in [3.05, 3.63) is 0 Å². The Labute approximate surface area is 168 Å². The van der Waals surface area contributed by atoms with Crippen molar-refractivity contribution in [1.29, 1.82) is 0 Å². The molecule has 0 aromatic carbocycles. The number of carbonyl (C=O) groups excluding carboxylic acids is 2. The zero-order chi connectivity index (χ0) is 19.7. The first-order valence-corrected chi connectivity index (χ1v) is 11.2. The van der Waals surface area contributed by atoms with Crippen LogP contribution < -0.4 is 16.0 Å². The lowest BCUT2D eigenvalue weighted by atomic mass is 9.79. The number of nitrogens with zero attached hydrogens (tertiary/aromatic N) is 2. The van der Waals surface area contributed by atoms with Crippen LogP contribution in [-0.4, -0.2) is 54.0 Å². The molecule has 0 aromatic rings. The van der Waals surface area contributed by atoms with E-state index in [1.54, 1.807) is 0 Å². The van der Waals surface area contributed by atoms with E-state index >= 15 is 0 Å². The number of aliphatic imine (C=N–C) groups is 1. The third-order valence-corrected chi connectivity index (χ3v) is 7.40. The van der Waals surface area contributed by atoms with Crippen LogP contribution in [0.4, 0.5) is 4.79 Å². The predicted molar refractivity (Wildman–Crippen MR) is 109 cm³/mol. The molecular weight excluding hydrogens is 354 g/mol. The van der Waals surface area contributed by atoms with Crippen molar-refractivity contribution in [2.45, 2.75) is 76.8 Å². The van der Waals surface area contributed by atoms with Gasteiger partial charge in [-0.05, 0) is 50.9 Å². The summed E-state index contributed by atoms with van der Waals surface area (Å²) in [5.41, 5.74) is -0.777. The van der Waals surface area contributed by atoms with E-state index < -0.39 is 5.54 Å². The summed E-state index contributed by atoms with van der Waals surface area (Å²) < 4.78 is 0. The number of guanidine groups is 1. The minimum absolute atomic E-state index is 0.161. The van der Waals surface area contributed by atoms with Gasteiger partial charge < -0.3 is 15.5 Å². The van der Waals surface area contributed by atoms with E-state index in [0.29, 0.717) is 6.04 Å². The summed E-state index contributed by atoms with van der Waals surface area (Å²) >= 11 is 0. The molecule has 2 saturated carbocycles. The molecule has 3 amide bonds. The molecular formula is C21H35N5O2. The topological polar surface area (TPSA) is 85.8 Å². The van der Waals surface area contributed by atoms with Gasteiger partial charge in [0.25, 0.3) is 5.91 Å². The first kappa shape index (κ1) is 19.5. The van der Waals surface area contributed by atoms with Crippen LogP contribution in [0.1, 0.15) is 65.2 Å². The van der Waals surface area contributed by atoms with Crippen molar-refractivity contribution in [2.24, 2.45) is 22.7 Å². The molecule has 0 aromatic heterocycles. The Balaban J connectivity index is 1.31. The van der Waals surface area contributed by atoms with E-state index in [1.165, 1.54) is 38.5 Å². The zero-order valence-corrected chi connectivity index (χ0v) is 17.3. The second-order valence-electron chi connectivity index (χ2n) is 9.22. The van der Waals surface area contributed by atoms with E-state index in [1.807, 2.05) is 6.92 Å². The Kier molecular flexibility index (Phi) is 5.52. The average Bonchev–Trinajstić information content (AvgIpc) is 3.41. The second-order valence-corrected chi connectivity index (χ2v) is 9.22. The van der Waals surface area contributed by atoms with Gasteiger partial charge in [0.05, 0.1) is 0 Å². The number of hydrogen-bond acceptors (Lipinski definition) is 3. The number of urea groups is 1. The first-order valence-electron chi connectivity index (χ1n) is 11.2. The maximum absolute atomic E-state index is 12.2. The number of nitrogens with one attached hydrogen (secondary N) is 3. The van der Waals surface area contributed by atoms with E-state index in [2.05, 4.69) is 27.8 Å². The maximum Gasteiger partial charge on any atom is 0.322 e. The van der Waals surface area contributed by atoms with Gasteiger partial charge in [-0.2, -0.15) is 0 Å². The Morgan fingerprint density at radius 1 is 1.18 bits per heavy atom. The van der Waals surface area contributed by atoms with E-state index in [0.717, 1.165) is 50.3 Å². The molecule has 28 heavy (non-hydrogen) atoms. The molecule has 2 aliphatic carbocycles. The summed E-state index contributed by atoms with van der Waals surface area (Å²) in [6.45, 7) is 6.45. The van der Waals surface area contributed by atoms with Crippen molar-refractivity contribution in [3.8, 4) is 0 Å². The summed E-state index contributed by atoms with van der Waals surface area (Å²) in [4.78, 5) is 30.9. The fourth-order valence-electron chi connectivity index (χ4n) is 5.53. The van der Waals surface area contributed by atoms with Crippen LogP contribution in [0.3, 0.4) is 0 Å². The Bertz CT molecular complexity index is 637. The molecule has 156 valence electrons. The standard InChI is InChI=1S/C21H35N5O2/c1-3-22-19(23-17-13-16(17)14-7-5-4-6-8-14)26-11-9-15(10-12-26)21(2)18(27)24-20(28)25-21/h14-17H,3-13H2,1-2H3,(H,22,23)(H2,24,25,27,28). The summed E-state index contributed by atoms with van der Waals surface area (Å²) in [7, 11) is 0. The van der Waals surface area contributed by atoms with Gasteiger partial charge in [0, 0.05) is 25.7 Å². The SMILES string of the molecule is CCN=C(NC1CC1C1CCCCC1)N1CCC(C2(C)NC(=O)NC2=O)CC1. The third-order valence-electron chi connectivity index (χ3n) is 7.40. The molecule has 4 aliphatic rings. The third kappa shape index (κ3) is 3.85. The summed E-state index contributed by atoms with van der Waals surface area (Å²) in [5.74, 6) is 2.74. The predicted octanol–water partition coefficient (Wildman–Crippen LogP) is 2.23. The molecule has 0 radical (unpaired) electrons. The summed E-state index contributed by atoms with van der Waals surface area (Å²) in [6.07, 6.45) is 10.1. The number of imide groups is 1. The van der Waals surface area contributed by atoms with Crippen LogP contribution >= 0.6 is 0 Å². The van der Waals surface area contributed by atoms with Gasteiger partial charge in [-0.1, -0.05) is 32.1 Å². The highest BCUT2D eigenvalue weighted by Gasteiger charge is 2.49. The van der Waals surface area contributed by atoms with Gasteiger partial charge >= 0.3 is 6.03 Å². The lowest BCUT2D eigenvalue weighted by molar-refractivity contribution is -0.125. The molecule has 7 nitrogen and oxygen atoms in total. The van der Waals surface area contributed by atoms with E-state index in [4.69, 9.17) is 4.99 Å².